The highest BCUT2D eigenvalue weighted by Gasteiger charge is 2.16. The van der Waals surface area contributed by atoms with Gasteiger partial charge in [-0.1, -0.05) is 26.0 Å². The van der Waals surface area contributed by atoms with E-state index in [1.807, 2.05) is 4.98 Å². The SMILES string of the molecule is CC(C)CCc1ccc(S(=O)(=O)Nc2cn(C)c(=O)[nH]c2=O)cc1. The van der Waals surface area contributed by atoms with E-state index in [1.54, 1.807) is 12.1 Å². The molecule has 0 radical (unpaired) electrons. The summed E-state index contributed by atoms with van der Waals surface area (Å²) in [5.74, 6) is 0.575. The van der Waals surface area contributed by atoms with Gasteiger partial charge in [0.2, 0.25) is 0 Å². The highest BCUT2D eigenvalue weighted by atomic mass is 32.2. The largest absolute Gasteiger partial charge is 0.328 e. The van der Waals surface area contributed by atoms with Crippen molar-refractivity contribution in [1.29, 1.82) is 0 Å². The van der Waals surface area contributed by atoms with Crippen LogP contribution in [0.2, 0.25) is 0 Å². The van der Waals surface area contributed by atoms with Gasteiger partial charge < -0.3 is 4.57 Å². The number of aromatic nitrogens is 2. The summed E-state index contributed by atoms with van der Waals surface area (Å²) in [4.78, 5) is 25.1. The molecule has 0 fully saturated rings. The van der Waals surface area contributed by atoms with Crippen LogP contribution < -0.4 is 16.0 Å². The molecule has 0 amide bonds. The van der Waals surface area contributed by atoms with E-state index in [0.717, 1.165) is 29.2 Å². The number of anilines is 1. The summed E-state index contributed by atoms with van der Waals surface area (Å²) in [6.45, 7) is 4.26. The lowest BCUT2D eigenvalue weighted by Gasteiger charge is -2.09. The van der Waals surface area contributed by atoms with Crippen LogP contribution in [0.15, 0.2) is 44.9 Å². The van der Waals surface area contributed by atoms with Gasteiger partial charge >= 0.3 is 5.69 Å². The van der Waals surface area contributed by atoms with E-state index in [9.17, 15) is 18.0 Å². The predicted octanol–water partition coefficient (Wildman–Crippen LogP) is 1.46. The average molecular weight is 351 g/mol. The Bertz CT molecular complexity index is 925. The van der Waals surface area contributed by atoms with E-state index in [0.29, 0.717) is 5.92 Å². The molecule has 2 rings (SSSR count). The Morgan fingerprint density at radius 2 is 1.79 bits per heavy atom. The van der Waals surface area contributed by atoms with Crippen molar-refractivity contribution < 1.29 is 8.42 Å². The smallest absolute Gasteiger partial charge is 0.302 e. The third-order valence-corrected chi connectivity index (χ3v) is 4.98. The molecule has 0 spiro atoms. The third-order valence-electron chi connectivity index (χ3n) is 3.60. The van der Waals surface area contributed by atoms with Crippen molar-refractivity contribution in [3.63, 3.8) is 0 Å². The molecule has 24 heavy (non-hydrogen) atoms. The highest BCUT2D eigenvalue weighted by Crippen LogP contribution is 2.16. The molecule has 1 aromatic carbocycles. The van der Waals surface area contributed by atoms with Crippen LogP contribution in [0.4, 0.5) is 5.69 Å². The first kappa shape index (κ1) is 18.0. The lowest BCUT2D eigenvalue weighted by Crippen LogP contribution is -2.30. The van der Waals surface area contributed by atoms with Crippen molar-refractivity contribution >= 4 is 15.7 Å². The number of hydrogen-bond donors (Lipinski definition) is 2. The molecule has 0 bridgehead atoms. The fraction of sp³-hybridized carbons (Fsp3) is 0.375. The fourth-order valence-corrected chi connectivity index (χ4v) is 3.18. The quantitative estimate of drug-likeness (QED) is 0.823. The minimum atomic E-state index is -3.90. The first-order valence-corrected chi connectivity index (χ1v) is 9.09. The Balaban J connectivity index is 2.23. The second kappa shape index (κ2) is 7.04. The Morgan fingerprint density at radius 3 is 2.38 bits per heavy atom. The van der Waals surface area contributed by atoms with Gasteiger partial charge in [0.1, 0.15) is 5.69 Å². The van der Waals surface area contributed by atoms with Gasteiger partial charge in [0, 0.05) is 13.2 Å². The molecule has 0 unspecified atom stereocenters. The summed E-state index contributed by atoms with van der Waals surface area (Å²) in [6.07, 6.45) is 3.05. The van der Waals surface area contributed by atoms with Crippen LogP contribution in [-0.4, -0.2) is 18.0 Å². The monoisotopic (exact) mass is 351 g/mol. The summed E-state index contributed by atoms with van der Waals surface area (Å²) in [5.41, 5.74) is -0.545. The number of benzene rings is 1. The van der Waals surface area contributed by atoms with Gasteiger partial charge in [-0.25, -0.2) is 13.2 Å². The molecule has 7 nitrogen and oxygen atoms in total. The van der Waals surface area contributed by atoms with Crippen LogP contribution in [0.5, 0.6) is 0 Å². The molecule has 1 aromatic heterocycles. The fourth-order valence-electron chi connectivity index (χ4n) is 2.13. The van der Waals surface area contributed by atoms with E-state index in [-0.39, 0.29) is 10.6 Å². The number of aryl methyl sites for hydroxylation is 2. The minimum absolute atomic E-state index is 0.0593. The van der Waals surface area contributed by atoms with Gasteiger partial charge in [0.25, 0.3) is 15.6 Å². The Labute approximate surface area is 140 Å². The molecule has 1 heterocycles. The molecule has 0 saturated carbocycles. The molecule has 0 atom stereocenters. The zero-order chi connectivity index (χ0) is 17.9. The molecule has 130 valence electrons. The maximum Gasteiger partial charge on any atom is 0.328 e. The van der Waals surface area contributed by atoms with E-state index >= 15 is 0 Å². The molecular weight excluding hydrogens is 330 g/mol. The topological polar surface area (TPSA) is 101 Å². The van der Waals surface area contributed by atoms with Gasteiger partial charge in [0.15, 0.2) is 0 Å². The van der Waals surface area contributed by atoms with E-state index in [4.69, 9.17) is 0 Å². The van der Waals surface area contributed by atoms with Gasteiger partial charge in [-0.3, -0.25) is 14.5 Å². The molecule has 8 heteroatoms. The first-order chi connectivity index (χ1) is 11.2. The zero-order valence-corrected chi connectivity index (χ0v) is 14.7. The standard InChI is InChI=1S/C16H21N3O4S/c1-11(2)4-5-12-6-8-13(9-7-12)24(22,23)18-14-10-19(3)16(21)17-15(14)20/h6-11,18H,4-5H2,1-3H3,(H,17,20,21). The number of hydrogen-bond acceptors (Lipinski definition) is 4. The van der Waals surface area contributed by atoms with Crippen LogP contribution in [0, 0.1) is 5.92 Å². The maximum absolute atomic E-state index is 12.4. The molecule has 0 saturated heterocycles. The number of H-pyrrole nitrogens is 1. The summed E-state index contributed by atoms with van der Waals surface area (Å²) in [6, 6.07) is 6.55. The Kier molecular flexibility index (Phi) is 5.28. The lowest BCUT2D eigenvalue weighted by atomic mass is 10.0. The van der Waals surface area contributed by atoms with Crippen molar-refractivity contribution in [2.24, 2.45) is 13.0 Å². The van der Waals surface area contributed by atoms with Crippen molar-refractivity contribution in [2.45, 2.75) is 31.6 Å². The van der Waals surface area contributed by atoms with Crippen LogP contribution >= 0.6 is 0 Å². The third kappa shape index (κ3) is 4.35. The number of nitrogens with one attached hydrogen (secondary N) is 2. The Hall–Kier alpha value is -2.35. The number of sulfonamides is 1. The summed E-state index contributed by atoms with van der Waals surface area (Å²) in [5, 5.41) is 0. The summed E-state index contributed by atoms with van der Waals surface area (Å²) >= 11 is 0. The molecule has 0 aliphatic rings. The van der Waals surface area contributed by atoms with Crippen molar-refractivity contribution in [3.8, 4) is 0 Å². The Morgan fingerprint density at radius 1 is 1.17 bits per heavy atom. The average Bonchev–Trinajstić information content (AvgIpc) is 2.51. The number of rotatable bonds is 6. The molecular formula is C16H21N3O4S. The van der Waals surface area contributed by atoms with Crippen molar-refractivity contribution in [1.82, 2.24) is 9.55 Å². The molecule has 2 aromatic rings. The molecule has 0 aliphatic heterocycles. The second-order valence-corrected chi connectivity index (χ2v) is 7.78. The number of nitrogens with zero attached hydrogens (tertiary/aromatic N) is 1. The summed E-state index contributed by atoms with van der Waals surface area (Å²) < 4.78 is 28.1. The lowest BCUT2D eigenvalue weighted by molar-refractivity contribution is 0.586. The number of aromatic amines is 1. The summed E-state index contributed by atoms with van der Waals surface area (Å²) in [7, 11) is -2.48. The predicted molar refractivity (Wildman–Crippen MR) is 92.7 cm³/mol. The van der Waals surface area contributed by atoms with Crippen LogP contribution in [-0.2, 0) is 23.5 Å². The normalized spacial score (nSPS) is 11.7. The maximum atomic E-state index is 12.4. The minimum Gasteiger partial charge on any atom is -0.302 e. The molecule has 0 aliphatic carbocycles. The van der Waals surface area contributed by atoms with Gasteiger partial charge in [-0.05, 0) is 36.5 Å². The van der Waals surface area contributed by atoms with E-state index < -0.39 is 21.3 Å². The highest BCUT2D eigenvalue weighted by molar-refractivity contribution is 7.92. The van der Waals surface area contributed by atoms with Crippen LogP contribution in [0.1, 0.15) is 25.8 Å². The van der Waals surface area contributed by atoms with Crippen LogP contribution in [0.3, 0.4) is 0 Å². The van der Waals surface area contributed by atoms with Gasteiger partial charge in [-0.15, -0.1) is 0 Å². The van der Waals surface area contributed by atoms with E-state index in [2.05, 4.69) is 18.6 Å². The zero-order valence-electron chi connectivity index (χ0n) is 13.9. The van der Waals surface area contributed by atoms with Gasteiger partial charge in [-0.2, -0.15) is 0 Å². The second-order valence-electron chi connectivity index (χ2n) is 6.09. The first-order valence-electron chi connectivity index (χ1n) is 7.61. The van der Waals surface area contributed by atoms with Crippen LogP contribution in [0.25, 0.3) is 0 Å². The van der Waals surface area contributed by atoms with Crippen molar-refractivity contribution in [2.75, 3.05) is 4.72 Å². The van der Waals surface area contributed by atoms with Gasteiger partial charge in [0.05, 0.1) is 4.90 Å². The van der Waals surface area contributed by atoms with E-state index in [1.165, 1.54) is 19.2 Å². The molecule has 2 N–H and O–H groups in total. The van der Waals surface area contributed by atoms with Crippen molar-refractivity contribution in [3.05, 3.63) is 56.9 Å².